The van der Waals surface area contributed by atoms with Gasteiger partial charge in [-0.15, -0.1) is 0 Å². The predicted octanol–water partition coefficient (Wildman–Crippen LogP) is 6.66. The third-order valence-corrected chi connectivity index (χ3v) is 5.05. The number of hydrogen-bond acceptors (Lipinski definition) is 2. The quantitative estimate of drug-likeness (QED) is 0.170. The topological polar surface area (TPSA) is 49.8 Å². The minimum atomic E-state index is -0.709. The summed E-state index contributed by atoms with van der Waals surface area (Å²) in [4.78, 5) is 10.4. The highest BCUT2D eigenvalue weighted by Gasteiger charge is 2.35. The van der Waals surface area contributed by atoms with Crippen LogP contribution in [-0.2, 0) is 9.53 Å². The molecule has 1 heterocycles. The Labute approximate surface area is 155 Å². The molecule has 146 valence electrons. The van der Waals surface area contributed by atoms with Crippen molar-refractivity contribution >= 4 is 5.97 Å². The van der Waals surface area contributed by atoms with E-state index in [1.807, 2.05) is 0 Å². The van der Waals surface area contributed by atoms with E-state index >= 15 is 0 Å². The van der Waals surface area contributed by atoms with Crippen LogP contribution >= 0.6 is 0 Å². The molecular formula is C22H40O3. The van der Waals surface area contributed by atoms with E-state index in [0.717, 1.165) is 19.3 Å². The summed E-state index contributed by atoms with van der Waals surface area (Å²) in [6, 6.07) is 0. The maximum atomic E-state index is 10.4. The fourth-order valence-corrected chi connectivity index (χ4v) is 3.35. The molecule has 0 amide bonds. The molecule has 1 aliphatic heterocycles. The number of carbonyl (C=O) groups is 1. The van der Waals surface area contributed by atoms with Crippen LogP contribution in [0.25, 0.3) is 0 Å². The SMILES string of the molecule is CCCCCCCCCCCCCCC=CC1OC1CCCC(=O)O. The lowest BCUT2D eigenvalue weighted by atomic mass is 10.0. The van der Waals surface area contributed by atoms with Gasteiger partial charge in [-0.2, -0.15) is 0 Å². The van der Waals surface area contributed by atoms with Crippen molar-refractivity contribution in [2.24, 2.45) is 0 Å². The molecule has 1 N–H and O–H groups in total. The van der Waals surface area contributed by atoms with E-state index in [9.17, 15) is 4.79 Å². The van der Waals surface area contributed by atoms with Crippen LogP contribution in [0.1, 0.15) is 110 Å². The second-order valence-electron chi connectivity index (χ2n) is 7.53. The summed E-state index contributed by atoms with van der Waals surface area (Å²) in [6.45, 7) is 2.28. The van der Waals surface area contributed by atoms with E-state index in [-0.39, 0.29) is 18.6 Å². The average Bonchev–Trinajstić information content (AvgIpc) is 3.33. The molecule has 0 bridgehead atoms. The number of aliphatic carboxylic acids is 1. The maximum absolute atomic E-state index is 10.4. The number of epoxide rings is 1. The molecule has 0 aromatic carbocycles. The van der Waals surface area contributed by atoms with Crippen molar-refractivity contribution in [2.45, 2.75) is 122 Å². The van der Waals surface area contributed by atoms with Crippen molar-refractivity contribution in [3.63, 3.8) is 0 Å². The van der Waals surface area contributed by atoms with Crippen molar-refractivity contribution < 1.29 is 14.6 Å². The fourth-order valence-electron chi connectivity index (χ4n) is 3.35. The summed E-state index contributed by atoms with van der Waals surface area (Å²) >= 11 is 0. The van der Waals surface area contributed by atoms with Crippen molar-refractivity contribution in [2.75, 3.05) is 0 Å². The first-order chi connectivity index (χ1) is 12.2. The molecule has 1 fully saturated rings. The standard InChI is InChI=1S/C22H40O3/c1-2-3-4-5-6-7-8-9-10-11-12-13-14-15-17-20-21(25-20)18-16-19-22(23)24/h15,17,20-21H,2-14,16,18-19H2,1H3,(H,23,24). The molecule has 1 saturated heterocycles. The first kappa shape index (κ1) is 22.2. The Kier molecular flexibility index (Phi) is 13.7. The highest BCUT2D eigenvalue weighted by molar-refractivity contribution is 5.66. The van der Waals surface area contributed by atoms with E-state index in [2.05, 4.69) is 19.1 Å². The summed E-state index contributed by atoms with van der Waals surface area (Å²) in [6.07, 6.45) is 24.7. The number of unbranched alkanes of at least 4 members (excludes halogenated alkanes) is 12. The molecule has 0 spiro atoms. The Morgan fingerprint density at radius 2 is 1.44 bits per heavy atom. The molecule has 2 unspecified atom stereocenters. The van der Waals surface area contributed by atoms with Gasteiger partial charge >= 0.3 is 5.97 Å². The summed E-state index contributed by atoms with van der Waals surface area (Å²) in [5, 5.41) is 8.60. The van der Waals surface area contributed by atoms with Crippen LogP contribution in [0.4, 0.5) is 0 Å². The Morgan fingerprint density at radius 1 is 0.880 bits per heavy atom. The summed E-state index contributed by atoms with van der Waals surface area (Å²) in [7, 11) is 0. The van der Waals surface area contributed by atoms with Gasteiger partial charge in [0.05, 0.1) is 6.10 Å². The van der Waals surface area contributed by atoms with E-state index in [1.54, 1.807) is 0 Å². The van der Waals surface area contributed by atoms with Gasteiger partial charge in [-0.3, -0.25) is 4.79 Å². The van der Waals surface area contributed by atoms with Crippen LogP contribution in [0.3, 0.4) is 0 Å². The highest BCUT2D eigenvalue weighted by atomic mass is 16.6. The normalized spacial score (nSPS) is 19.6. The van der Waals surface area contributed by atoms with Crippen molar-refractivity contribution in [1.29, 1.82) is 0 Å². The number of rotatable bonds is 18. The molecule has 3 nitrogen and oxygen atoms in total. The first-order valence-electron chi connectivity index (χ1n) is 10.8. The maximum Gasteiger partial charge on any atom is 0.303 e. The molecule has 0 aromatic heterocycles. The second kappa shape index (κ2) is 15.4. The third kappa shape index (κ3) is 14.1. The lowest BCUT2D eigenvalue weighted by Crippen LogP contribution is -1.97. The Bertz CT molecular complexity index is 351. The van der Waals surface area contributed by atoms with Gasteiger partial charge in [0, 0.05) is 6.42 Å². The van der Waals surface area contributed by atoms with Crippen molar-refractivity contribution in [3.05, 3.63) is 12.2 Å². The first-order valence-corrected chi connectivity index (χ1v) is 10.8. The van der Waals surface area contributed by atoms with E-state index in [1.165, 1.54) is 77.0 Å². The number of carboxylic acids is 1. The average molecular weight is 353 g/mol. The zero-order valence-electron chi connectivity index (χ0n) is 16.4. The number of allylic oxidation sites excluding steroid dienone is 1. The molecule has 25 heavy (non-hydrogen) atoms. The van der Waals surface area contributed by atoms with Gasteiger partial charge in [0.1, 0.15) is 6.10 Å². The van der Waals surface area contributed by atoms with E-state index in [4.69, 9.17) is 9.84 Å². The highest BCUT2D eigenvalue weighted by Crippen LogP contribution is 2.28. The van der Waals surface area contributed by atoms with Gasteiger partial charge < -0.3 is 9.84 Å². The van der Waals surface area contributed by atoms with Crippen LogP contribution in [0.15, 0.2) is 12.2 Å². The van der Waals surface area contributed by atoms with Crippen molar-refractivity contribution in [3.8, 4) is 0 Å². The van der Waals surface area contributed by atoms with Gasteiger partial charge in [-0.1, -0.05) is 89.7 Å². The molecule has 1 rings (SSSR count). The number of carboxylic acid groups (broad SMARTS) is 1. The second-order valence-corrected chi connectivity index (χ2v) is 7.53. The molecule has 3 heteroatoms. The van der Waals surface area contributed by atoms with Crippen LogP contribution in [0.5, 0.6) is 0 Å². The predicted molar refractivity (Wildman–Crippen MR) is 105 cm³/mol. The molecule has 0 aromatic rings. The molecule has 2 atom stereocenters. The zero-order valence-corrected chi connectivity index (χ0v) is 16.4. The Morgan fingerprint density at radius 3 is 2.00 bits per heavy atom. The van der Waals surface area contributed by atoms with Crippen LogP contribution < -0.4 is 0 Å². The lowest BCUT2D eigenvalue weighted by molar-refractivity contribution is -0.137. The van der Waals surface area contributed by atoms with Gasteiger partial charge in [0.2, 0.25) is 0 Å². The molecule has 0 saturated carbocycles. The largest absolute Gasteiger partial charge is 0.481 e. The molecule has 0 aliphatic carbocycles. The molecule has 0 radical (unpaired) electrons. The van der Waals surface area contributed by atoms with Gasteiger partial charge in [-0.05, 0) is 25.7 Å². The number of ether oxygens (including phenoxy) is 1. The van der Waals surface area contributed by atoms with E-state index in [0.29, 0.717) is 0 Å². The Balaban J connectivity index is 1.76. The van der Waals surface area contributed by atoms with Gasteiger partial charge in [0.15, 0.2) is 0 Å². The zero-order chi connectivity index (χ0) is 18.2. The monoisotopic (exact) mass is 352 g/mol. The fraction of sp³-hybridized carbons (Fsp3) is 0.864. The third-order valence-electron chi connectivity index (χ3n) is 5.05. The minimum Gasteiger partial charge on any atom is -0.481 e. The van der Waals surface area contributed by atoms with Crippen molar-refractivity contribution in [1.82, 2.24) is 0 Å². The van der Waals surface area contributed by atoms with Crippen LogP contribution in [0, 0.1) is 0 Å². The Hall–Kier alpha value is -0.830. The summed E-state index contributed by atoms with van der Waals surface area (Å²) < 4.78 is 5.53. The lowest BCUT2D eigenvalue weighted by Gasteiger charge is -2.02. The summed E-state index contributed by atoms with van der Waals surface area (Å²) in [5.74, 6) is -0.709. The van der Waals surface area contributed by atoms with Crippen LogP contribution in [-0.4, -0.2) is 23.3 Å². The van der Waals surface area contributed by atoms with Gasteiger partial charge in [0.25, 0.3) is 0 Å². The molecular weight excluding hydrogens is 312 g/mol. The smallest absolute Gasteiger partial charge is 0.303 e. The number of hydrogen-bond donors (Lipinski definition) is 1. The molecule has 1 aliphatic rings. The van der Waals surface area contributed by atoms with Gasteiger partial charge in [-0.25, -0.2) is 0 Å². The minimum absolute atomic E-state index is 0.256. The van der Waals surface area contributed by atoms with Crippen LogP contribution in [0.2, 0.25) is 0 Å². The summed E-state index contributed by atoms with van der Waals surface area (Å²) in [5.41, 5.74) is 0. The van der Waals surface area contributed by atoms with E-state index < -0.39 is 5.97 Å².